The van der Waals surface area contributed by atoms with Gasteiger partial charge in [-0.3, -0.25) is 0 Å². The van der Waals surface area contributed by atoms with Gasteiger partial charge in [0.25, 0.3) is 0 Å². The highest BCUT2D eigenvalue weighted by molar-refractivity contribution is 7.80. The van der Waals surface area contributed by atoms with Gasteiger partial charge in [-0.1, -0.05) is 12.2 Å². The maximum atomic E-state index is 5.68. The number of ether oxygens (including phenoxy) is 2. The zero-order valence-electron chi connectivity index (χ0n) is 11.6. The van der Waals surface area contributed by atoms with Crippen molar-refractivity contribution in [3.63, 3.8) is 0 Å². The van der Waals surface area contributed by atoms with Crippen LogP contribution in [0.15, 0.2) is 0 Å². The van der Waals surface area contributed by atoms with Crippen molar-refractivity contribution in [3.8, 4) is 0 Å². The van der Waals surface area contributed by atoms with Crippen LogP contribution < -0.4 is 5.73 Å². The van der Waals surface area contributed by atoms with Crippen LogP contribution in [-0.4, -0.2) is 57.0 Å². The summed E-state index contributed by atoms with van der Waals surface area (Å²) in [5.74, 6) is 0. The smallest absolute Gasteiger partial charge is 0.0733 e. The topological polar surface area (TPSA) is 47.7 Å². The minimum atomic E-state index is 0.354. The van der Waals surface area contributed by atoms with Gasteiger partial charge in [0.2, 0.25) is 0 Å². The Morgan fingerprint density at radius 2 is 1.89 bits per heavy atom. The normalized spacial score (nSPS) is 17.1. The fraction of sp³-hybridized carbons (Fsp3) is 0.923. The third-order valence-corrected chi connectivity index (χ3v) is 3.64. The Bertz CT molecular complexity index is 257. The summed E-state index contributed by atoms with van der Waals surface area (Å²) in [6, 6.07) is 0. The molecule has 1 aliphatic carbocycles. The van der Waals surface area contributed by atoms with Crippen molar-refractivity contribution in [2.45, 2.75) is 25.7 Å². The molecule has 0 aromatic rings. The first-order valence-corrected chi connectivity index (χ1v) is 7.01. The second-order valence-corrected chi connectivity index (χ2v) is 5.78. The Balaban J connectivity index is 2.36. The molecule has 2 N–H and O–H groups in total. The van der Waals surface area contributed by atoms with Crippen molar-refractivity contribution in [3.05, 3.63) is 0 Å². The van der Waals surface area contributed by atoms with Gasteiger partial charge in [0.05, 0.1) is 11.6 Å². The summed E-state index contributed by atoms with van der Waals surface area (Å²) in [5.41, 5.74) is 6.04. The molecule has 0 aromatic heterocycles. The zero-order valence-corrected chi connectivity index (χ0v) is 12.4. The van der Waals surface area contributed by atoms with E-state index < -0.39 is 0 Å². The molecule has 0 heterocycles. The van der Waals surface area contributed by atoms with E-state index in [2.05, 4.69) is 4.90 Å². The molecule has 0 aliphatic heterocycles. The first kappa shape index (κ1) is 15.8. The van der Waals surface area contributed by atoms with Crippen molar-refractivity contribution in [2.75, 3.05) is 47.1 Å². The Kier molecular flexibility index (Phi) is 7.07. The molecule has 4 nitrogen and oxygen atoms in total. The quantitative estimate of drug-likeness (QED) is 0.456. The van der Waals surface area contributed by atoms with E-state index in [1.807, 2.05) is 0 Å². The van der Waals surface area contributed by atoms with E-state index in [9.17, 15) is 0 Å². The van der Waals surface area contributed by atoms with E-state index in [-0.39, 0.29) is 0 Å². The molecule has 0 amide bonds. The number of rotatable bonds is 11. The molecular formula is C13H26N2O2S. The highest BCUT2D eigenvalue weighted by atomic mass is 32.1. The standard InChI is InChI=1S/C13H26N2O2S/c1-16-8-3-6-15(7-9-17-2)11-13(4-5-13)10-12(14)18/h3-11H2,1-2H3,(H2,14,18). The maximum absolute atomic E-state index is 5.68. The average molecular weight is 274 g/mol. The highest BCUT2D eigenvalue weighted by Crippen LogP contribution is 2.49. The first-order valence-electron chi connectivity index (χ1n) is 6.60. The molecule has 0 spiro atoms. The lowest BCUT2D eigenvalue weighted by Crippen LogP contribution is -2.36. The third-order valence-electron chi connectivity index (χ3n) is 3.50. The number of thiocarbonyl (C=S) groups is 1. The molecule has 18 heavy (non-hydrogen) atoms. The van der Waals surface area contributed by atoms with Gasteiger partial charge in [0.1, 0.15) is 0 Å². The molecule has 106 valence electrons. The second kappa shape index (κ2) is 8.04. The van der Waals surface area contributed by atoms with E-state index in [4.69, 9.17) is 27.4 Å². The van der Waals surface area contributed by atoms with Gasteiger partial charge in [0, 0.05) is 46.9 Å². The van der Waals surface area contributed by atoms with E-state index >= 15 is 0 Å². The van der Waals surface area contributed by atoms with Crippen molar-refractivity contribution in [1.29, 1.82) is 0 Å². The molecule has 0 bridgehead atoms. The van der Waals surface area contributed by atoms with Crippen LogP contribution in [0.4, 0.5) is 0 Å². The molecule has 5 heteroatoms. The summed E-state index contributed by atoms with van der Waals surface area (Å²) in [6.45, 7) is 4.69. The molecule has 1 aliphatic rings. The van der Waals surface area contributed by atoms with Crippen molar-refractivity contribution < 1.29 is 9.47 Å². The Morgan fingerprint density at radius 1 is 1.22 bits per heavy atom. The average Bonchev–Trinajstić information content (AvgIpc) is 3.04. The summed E-state index contributed by atoms with van der Waals surface area (Å²) < 4.78 is 10.3. The van der Waals surface area contributed by atoms with Crippen molar-refractivity contribution >= 4 is 17.2 Å². The van der Waals surface area contributed by atoms with Crippen LogP contribution in [0, 0.1) is 5.41 Å². The molecule has 0 radical (unpaired) electrons. The van der Waals surface area contributed by atoms with Gasteiger partial charge in [0.15, 0.2) is 0 Å². The maximum Gasteiger partial charge on any atom is 0.0733 e. The van der Waals surface area contributed by atoms with E-state index in [1.54, 1.807) is 14.2 Å². The summed E-state index contributed by atoms with van der Waals surface area (Å²) in [5, 5.41) is 0. The summed E-state index contributed by atoms with van der Waals surface area (Å²) >= 11 is 5.04. The van der Waals surface area contributed by atoms with Gasteiger partial charge < -0.3 is 20.1 Å². The lowest BCUT2D eigenvalue weighted by Gasteiger charge is -2.27. The fourth-order valence-electron chi connectivity index (χ4n) is 2.33. The summed E-state index contributed by atoms with van der Waals surface area (Å²) in [7, 11) is 3.49. The lowest BCUT2D eigenvalue weighted by atomic mass is 10.0. The predicted octanol–water partition coefficient (Wildman–Crippen LogP) is 1.43. The summed E-state index contributed by atoms with van der Waals surface area (Å²) in [6.07, 6.45) is 4.44. The van der Waals surface area contributed by atoms with E-state index in [1.165, 1.54) is 12.8 Å². The highest BCUT2D eigenvalue weighted by Gasteiger charge is 2.43. The summed E-state index contributed by atoms with van der Waals surface area (Å²) in [4.78, 5) is 3.10. The van der Waals surface area contributed by atoms with Crippen molar-refractivity contribution in [2.24, 2.45) is 11.1 Å². The second-order valence-electron chi connectivity index (χ2n) is 5.26. The van der Waals surface area contributed by atoms with Crippen molar-refractivity contribution in [1.82, 2.24) is 4.90 Å². The molecule has 0 aromatic carbocycles. The third kappa shape index (κ3) is 6.09. The van der Waals surface area contributed by atoms with Gasteiger partial charge in [-0.25, -0.2) is 0 Å². The Hall–Kier alpha value is -0.230. The zero-order chi connectivity index (χ0) is 13.4. The van der Waals surface area contributed by atoms with E-state index in [0.29, 0.717) is 10.4 Å². The van der Waals surface area contributed by atoms with Gasteiger partial charge in [-0.2, -0.15) is 0 Å². The Morgan fingerprint density at radius 3 is 2.39 bits per heavy atom. The van der Waals surface area contributed by atoms with E-state index in [0.717, 1.165) is 45.7 Å². The number of hydrogen-bond acceptors (Lipinski definition) is 4. The number of nitrogens with zero attached hydrogens (tertiary/aromatic N) is 1. The monoisotopic (exact) mass is 274 g/mol. The van der Waals surface area contributed by atoms with Gasteiger partial charge in [-0.05, 0) is 24.7 Å². The molecule has 0 atom stereocenters. The van der Waals surface area contributed by atoms with Crippen LogP contribution in [0.3, 0.4) is 0 Å². The Labute approximate surface area is 116 Å². The van der Waals surface area contributed by atoms with Crippen LogP contribution in [0.2, 0.25) is 0 Å². The number of methoxy groups -OCH3 is 2. The molecule has 0 saturated heterocycles. The first-order chi connectivity index (χ1) is 8.62. The number of hydrogen-bond donors (Lipinski definition) is 1. The molecular weight excluding hydrogens is 248 g/mol. The van der Waals surface area contributed by atoms with Crippen LogP contribution in [0.5, 0.6) is 0 Å². The van der Waals surface area contributed by atoms with Crippen LogP contribution in [0.25, 0.3) is 0 Å². The molecule has 1 saturated carbocycles. The molecule has 1 rings (SSSR count). The lowest BCUT2D eigenvalue weighted by molar-refractivity contribution is 0.120. The largest absolute Gasteiger partial charge is 0.393 e. The minimum absolute atomic E-state index is 0.354. The SMILES string of the molecule is COCCCN(CCOC)CC1(CC(N)=S)CC1. The van der Waals surface area contributed by atoms with Crippen LogP contribution in [0.1, 0.15) is 25.7 Å². The predicted molar refractivity (Wildman–Crippen MR) is 77.9 cm³/mol. The molecule has 1 fully saturated rings. The van der Waals surface area contributed by atoms with Crippen LogP contribution in [-0.2, 0) is 9.47 Å². The molecule has 0 unspecified atom stereocenters. The van der Waals surface area contributed by atoms with Gasteiger partial charge in [-0.15, -0.1) is 0 Å². The van der Waals surface area contributed by atoms with Crippen LogP contribution >= 0.6 is 12.2 Å². The number of nitrogens with two attached hydrogens (primary N) is 1. The fourth-order valence-corrected chi connectivity index (χ4v) is 2.64. The minimum Gasteiger partial charge on any atom is -0.393 e. The van der Waals surface area contributed by atoms with Gasteiger partial charge >= 0.3 is 0 Å².